The third-order valence-corrected chi connectivity index (χ3v) is 1.63. The SMILES string of the molecule is CCOC(=O)C(=NOC)c1c[nH]c(N)c1. The highest BCUT2D eigenvalue weighted by Crippen LogP contribution is 2.07. The van der Waals surface area contributed by atoms with E-state index in [0.29, 0.717) is 11.4 Å². The summed E-state index contributed by atoms with van der Waals surface area (Å²) in [6.45, 7) is 2.00. The number of aromatic amines is 1. The normalized spacial score (nSPS) is 11.2. The Labute approximate surface area is 87.0 Å². The van der Waals surface area contributed by atoms with Crippen molar-refractivity contribution < 1.29 is 14.4 Å². The lowest BCUT2D eigenvalue weighted by Crippen LogP contribution is -2.18. The van der Waals surface area contributed by atoms with Crippen LogP contribution in [0, 0.1) is 0 Å². The summed E-state index contributed by atoms with van der Waals surface area (Å²) in [6, 6.07) is 1.58. The molecule has 1 aromatic rings. The molecular weight excluding hydrogens is 198 g/mol. The van der Waals surface area contributed by atoms with Crippen LogP contribution in [0.3, 0.4) is 0 Å². The first kappa shape index (κ1) is 11.1. The average molecular weight is 211 g/mol. The Morgan fingerprint density at radius 3 is 2.87 bits per heavy atom. The van der Waals surface area contributed by atoms with E-state index in [2.05, 4.69) is 15.0 Å². The van der Waals surface area contributed by atoms with Crippen molar-refractivity contribution in [2.75, 3.05) is 19.5 Å². The van der Waals surface area contributed by atoms with E-state index < -0.39 is 5.97 Å². The molecule has 0 aliphatic rings. The fourth-order valence-corrected chi connectivity index (χ4v) is 1.05. The number of oxime groups is 1. The number of nitrogen functional groups attached to an aromatic ring is 1. The Kier molecular flexibility index (Phi) is 3.73. The van der Waals surface area contributed by atoms with Gasteiger partial charge in [0.05, 0.1) is 6.61 Å². The minimum atomic E-state index is -0.543. The number of hydrogen-bond donors (Lipinski definition) is 2. The van der Waals surface area contributed by atoms with Gasteiger partial charge in [-0.05, 0) is 13.0 Å². The predicted octanol–water partition coefficient (Wildman–Crippen LogP) is 0.510. The van der Waals surface area contributed by atoms with E-state index in [1.807, 2.05) is 0 Å². The van der Waals surface area contributed by atoms with Crippen LogP contribution in [0.5, 0.6) is 0 Å². The second-order valence-electron chi connectivity index (χ2n) is 2.69. The molecule has 0 unspecified atom stereocenters. The zero-order valence-electron chi connectivity index (χ0n) is 8.61. The van der Waals surface area contributed by atoms with Gasteiger partial charge in [-0.3, -0.25) is 0 Å². The standard InChI is InChI=1S/C9H13N3O3/c1-3-15-9(13)8(12-14-2)6-4-7(10)11-5-6/h4-5,11H,3,10H2,1-2H3. The number of aromatic nitrogens is 1. The van der Waals surface area contributed by atoms with Crippen LogP contribution in [-0.2, 0) is 14.4 Å². The van der Waals surface area contributed by atoms with Gasteiger partial charge >= 0.3 is 5.97 Å². The maximum Gasteiger partial charge on any atom is 0.361 e. The van der Waals surface area contributed by atoms with E-state index >= 15 is 0 Å². The third kappa shape index (κ3) is 2.73. The number of esters is 1. The Hall–Kier alpha value is -1.98. The van der Waals surface area contributed by atoms with Crippen LogP contribution in [0.15, 0.2) is 17.4 Å². The summed E-state index contributed by atoms with van der Waals surface area (Å²) < 4.78 is 4.82. The van der Waals surface area contributed by atoms with E-state index in [9.17, 15) is 4.79 Å². The second kappa shape index (κ2) is 5.04. The van der Waals surface area contributed by atoms with Gasteiger partial charge in [0.15, 0.2) is 5.71 Å². The van der Waals surface area contributed by atoms with E-state index in [4.69, 9.17) is 10.5 Å². The van der Waals surface area contributed by atoms with Crippen LogP contribution in [0.2, 0.25) is 0 Å². The Bertz CT molecular complexity index is 370. The number of carbonyl (C=O) groups excluding carboxylic acids is 1. The van der Waals surface area contributed by atoms with Crippen LogP contribution in [-0.4, -0.2) is 30.4 Å². The molecule has 0 bridgehead atoms. The molecule has 0 saturated carbocycles. The summed E-state index contributed by atoms with van der Waals surface area (Å²) in [4.78, 5) is 18.8. The predicted molar refractivity (Wildman–Crippen MR) is 55.4 cm³/mol. The quantitative estimate of drug-likeness (QED) is 0.431. The molecule has 0 aliphatic heterocycles. The number of nitrogens with zero attached hydrogens (tertiary/aromatic N) is 1. The van der Waals surface area contributed by atoms with Crippen LogP contribution < -0.4 is 5.73 Å². The van der Waals surface area contributed by atoms with Crippen molar-refractivity contribution in [2.45, 2.75) is 6.92 Å². The van der Waals surface area contributed by atoms with Crippen molar-refractivity contribution in [3.63, 3.8) is 0 Å². The number of anilines is 1. The molecule has 0 aliphatic carbocycles. The minimum Gasteiger partial charge on any atom is -0.461 e. The monoisotopic (exact) mass is 211 g/mol. The molecule has 0 amide bonds. The largest absolute Gasteiger partial charge is 0.461 e. The summed E-state index contributed by atoms with van der Waals surface area (Å²) in [6.07, 6.45) is 1.56. The molecule has 0 fully saturated rings. The van der Waals surface area contributed by atoms with Crippen molar-refractivity contribution in [1.29, 1.82) is 0 Å². The Morgan fingerprint density at radius 2 is 2.40 bits per heavy atom. The molecule has 1 rings (SSSR count). The fraction of sp³-hybridized carbons (Fsp3) is 0.333. The lowest BCUT2D eigenvalue weighted by Gasteiger charge is -2.02. The molecule has 0 saturated heterocycles. The topological polar surface area (TPSA) is 89.7 Å². The number of nitrogens with one attached hydrogen (secondary N) is 1. The van der Waals surface area contributed by atoms with Crippen molar-refractivity contribution >= 4 is 17.5 Å². The molecule has 0 radical (unpaired) electrons. The van der Waals surface area contributed by atoms with Gasteiger partial charge in [0.25, 0.3) is 0 Å². The summed E-state index contributed by atoms with van der Waals surface area (Å²) in [7, 11) is 1.36. The molecule has 6 nitrogen and oxygen atoms in total. The summed E-state index contributed by atoms with van der Waals surface area (Å²) in [5, 5.41) is 3.59. The lowest BCUT2D eigenvalue weighted by molar-refractivity contribution is -0.135. The third-order valence-electron chi connectivity index (χ3n) is 1.63. The molecule has 82 valence electrons. The number of rotatable bonds is 4. The number of carbonyl (C=O) groups is 1. The van der Waals surface area contributed by atoms with Crippen molar-refractivity contribution in [3.05, 3.63) is 17.8 Å². The van der Waals surface area contributed by atoms with E-state index in [0.717, 1.165) is 0 Å². The zero-order valence-corrected chi connectivity index (χ0v) is 8.61. The van der Waals surface area contributed by atoms with Crippen molar-refractivity contribution in [2.24, 2.45) is 5.16 Å². The van der Waals surface area contributed by atoms with Crippen LogP contribution in [0.1, 0.15) is 12.5 Å². The number of ether oxygens (including phenoxy) is 1. The van der Waals surface area contributed by atoms with Gasteiger partial charge in [-0.25, -0.2) is 4.79 Å². The maximum atomic E-state index is 11.5. The highest BCUT2D eigenvalue weighted by molar-refractivity contribution is 6.43. The number of nitrogens with two attached hydrogens (primary N) is 1. The van der Waals surface area contributed by atoms with Gasteiger partial charge in [0.2, 0.25) is 0 Å². The number of H-pyrrole nitrogens is 1. The van der Waals surface area contributed by atoms with Gasteiger partial charge in [-0.2, -0.15) is 0 Å². The Balaban J connectivity index is 2.93. The van der Waals surface area contributed by atoms with Crippen LogP contribution >= 0.6 is 0 Å². The molecule has 0 spiro atoms. The molecule has 15 heavy (non-hydrogen) atoms. The fourth-order valence-electron chi connectivity index (χ4n) is 1.05. The Morgan fingerprint density at radius 1 is 1.67 bits per heavy atom. The minimum absolute atomic E-state index is 0.0901. The second-order valence-corrected chi connectivity index (χ2v) is 2.69. The van der Waals surface area contributed by atoms with Gasteiger partial charge in [0.1, 0.15) is 12.9 Å². The molecular formula is C9H13N3O3. The van der Waals surface area contributed by atoms with Gasteiger partial charge < -0.3 is 20.3 Å². The lowest BCUT2D eigenvalue weighted by atomic mass is 10.2. The van der Waals surface area contributed by atoms with Gasteiger partial charge in [0, 0.05) is 11.8 Å². The first-order valence-corrected chi connectivity index (χ1v) is 4.41. The van der Waals surface area contributed by atoms with Crippen molar-refractivity contribution in [1.82, 2.24) is 4.98 Å². The molecule has 0 aromatic carbocycles. The number of hydrogen-bond acceptors (Lipinski definition) is 5. The highest BCUT2D eigenvalue weighted by Gasteiger charge is 2.17. The highest BCUT2D eigenvalue weighted by atomic mass is 16.6. The van der Waals surface area contributed by atoms with E-state index in [1.165, 1.54) is 7.11 Å². The van der Waals surface area contributed by atoms with Gasteiger partial charge in [-0.15, -0.1) is 0 Å². The summed E-state index contributed by atoms with van der Waals surface area (Å²) in [5.41, 5.74) is 6.11. The molecule has 3 N–H and O–H groups in total. The first-order chi connectivity index (χ1) is 7.19. The molecule has 6 heteroatoms. The van der Waals surface area contributed by atoms with Gasteiger partial charge in [-0.1, -0.05) is 5.16 Å². The molecule has 1 heterocycles. The average Bonchev–Trinajstić information content (AvgIpc) is 2.61. The van der Waals surface area contributed by atoms with E-state index in [-0.39, 0.29) is 12.3 Å². The smallest absolute Gasteiger partial charge is 0.361 e. The summed E-state index contributed by atoms with van der Waals surface area (Å²) >= 11 is 0. The molecule has 0 atom stereocenters. The van der Waals surface area contributed by atoms with Crippen molar-refractivity contribution in [3.8, 4) is 0 Å². The zero-order chi connectivity index (χ0) is 11.3. The van der Waals surface area contributed by atoms with Crippen LogP contribution in [0.4, 0.5) is 5.82 Å². The molecule has 1 aromatic heterocycles. The van der Waals surface area contributed by atoms with Crippen LogP contribution in [0.25, 0.3) is 0 Å². The maximum absolute atomic E-state index is 11.5. The first-order valence-electron chi connectivity index (χ1n) is 4.41. The van der Waals surface area contributed by atoms with E-state index in [1.54, 1.807) is 19.2 Å². The summed E-state index contributed by atoms with van der Waals surface area (Å²) in [5.74, 6) is -0.101.